The van der Waals surface area contributed by atoms with Gasteiger partial charge in [-0.05, 0) is 37.1 Å². The molecule has 0 saturated carbocycles. The lowest BCUT2D eigenvalue weighted by Crippen LogP contribution is -2.45. The van der Waals surface area contributed by atoms with Crippen LogP contribution < -0.4 is 10.2 Å². The van der Waals surface area contributed by atoms with Gasteiger partial charge in [0.15, 0.2) is 0 Å². The fourth-order valence-corrected chi connectivity index (χ4v) is 2.70. The van der Waals surface area contributed by atoms with Crippen molar-refractivity contribution < 1.29 is 14.7 Å². The van der Waals surface area contributed by atoms with Crippen LogP contribution in [0.3, 0.4) is 0 Å². The summed E-state index contributed by atoms with van der Waals surface area (Å²) in [6.45, 7) is 3.35. The van der Waals surface area contributed by atoms with E-state index in [1.807, 2.05) is 13.0 Å². The number of carbonyl (C=O) groups is 2. The van der Waals surface area contributed by atoms with Crippen molar-refractivity contribution in [3.05, 3.63) is 29.3 Å². The molecule has 0 spiro atoms. The fraction of sp³-hybridized carbons (Fsp3) is 0.357. The zero-order valence-corrected chi connectivity index (χ0v) is 11.3. The van der Waals surface area contributed by atoms with Gasteiger partial charge in [0, 0.05) is 18.7 Å². The van der Waals surface area contributed by atoms with Gasteiger partial charge in [-0.25, -0.2) is 4.79 Å². The summed E-state index contributed by atoms with van der Waals surface area (Å²) in [7, 11) is 0. The minimum atomic E-state index is -1.12. The quantitative estimate of drug-likeness (QED) is 0.818. The van der Waals surface area contributed by atoms with E-state index < -0.39 is 12.1 Å². The normalized spacial score (nSPS) is 20.8. The van der Waals surface area contributed by atoms with Crippen molar-refractivity contribution in [2.75, 3.05) is 4.90 Å². The van der Waals surface area contributed by atoms with Crippen LogP contribution in [0.5, 0.6) is 0 Å². The molecule has 1 aromatic rings. The van der Waals surface area contributed by atoms with E-state index in [1.54, 1.807) is 23.1 Å². The van der Waals surface area contributed by atoms with E-state index in [0.717, 1.165) is 0 Å². The smallest absolute Gasteiger partial charge is 0.405 e. The lowest BCUT2D eigenvalue weighted by Gasteiger charge is -2.38. The number of rotatable bonds is 1. The van der Waals surface area contributed by atoms with E-state index in [-0.39, 0.29) is 11.9 Å². The molecule has 6 nitrogen and oxygen atoms in total. The van der Waals surface area contributed by atoms with E-state index in [1.165, 1.54) is 6.92 Å². The van der Waals surface area contributed by atoms with Crippen LogP contribution in [-0.4, -0.2) is 23.1 Å². The Bertz CT molecular complexity index is 606. The molecule has 20 heavy (non-hydrogen) atoms. The highest BCUT2D eigenvalue weighted by Gasteiger charge is 2.33. The minimum absolute atomic E-state index is 0.0998. The Morgan fingerprint density at radius 2 is 2.20 bits per heavy atom. The first-order valence-corrected chi connectivity index (χ1v) is 6.27. The molecule has 1 aliphatic heterocycles. The molecule has 0 radical (unpaired) electrons. The summed E-state index contributed by atoms with van der Waals surface area (Å²) < 4.78 is 0. The third-order valence-corrected chi connectivity index (χ3v) is 3.45. The van der Waals surface area contributed by atoms with Crippen LogP contribution in [0, 0.1) is 11.3 Å². The Hall–Kier alpha value is -2.55. The summed E-state index contributed by atoms with van der Waals surface area (Å²) in [4.78, 5) is 24.3. The largest absolute Gasteiger partial charge is 0.465 e. The third-order valence-electron chi connectivity index (χ3n) is 3.45. The number of fused-ring (bicyclic) bond motifs is 1. The number of carbonyl (C=O) groups excluding carboxylic acids is 1. The van der Waals surface area contributed by atoms with Crippen molar-refractivity contribution in [2.45, 2.75) is 32.4 Å². The van der Waals surface area contributed by atoms with E-state index in [0.29, 0.717) is 23.2 Å². The number of carboxylic acid groups (broad SMARTS) is 1. The molecule has 6 heteroatoms. The van der Waals surface area contributed by atoms with Gasteiger partial charge in [-0.2, -0.15) is 5.26 Å². The van der Waals surface area contributed by atoms with Crippen molar-refractivity contribution >= 4 is 17.7 Å². The Morgan fingerprint density at radius 3 is 2.75 bits per heavy atom. The zero-order chi connectivity index (χ0) is 14.9. The number of nitrogens with one attached hydrogen (secondary N) is 1. The monoisotopic (exact) mass is 273 g/mol. The molecule has 0 bridgehead atoms. The van der Waals surface area contributed by atoms with Crippen molar-refractivity contribution in [1.82, 2.24) is 5.32 Å². The maximum absolute atomic E-state index is 11.8. The number of amides is 2. The maximum Gasteiger partial charge on any atom is 0.405 e. The molecule has 0 fully saturated rings. The molecule has 0 aliphatic carbocycles. The minimum Gasteiger partial charge on any atom is -0.465 e. The number of nitrogens with zero attached hydrogens (tertiary/aromatic N) is 2. The molecule has 0 unspecified atom stereocenters. The first kappa shape index (κ1) is 13.9. The number of anilines is 1. The topological polar surface area (TPSA) is 93.4 Å². The molecular formula is C14H15N3O3. The second-order valence-electron chi connectivity index (χ2n) is 4.86. The van der Waals surface area contributed by atoms with Gasteiger partial charge in [-0.3, -0.25) is 4.79 Å². The second kappa shape index (κ2) is 5.21. The maximum atomic E-state index is 11.8. The van der Waals surface area contributed by atoms with Crippen LogP contribution in [-0.2, 0) is 4.79 Å². The molecule has 104 valence electrons. The number of benzene rings is 1. The first-order chi connectivity index (χ1) is 9.43. The summed E-state index contributed by atoms with van der Waals surface area (Å²) in [6.07, 6.45) is -0.639. The molecule has 1 heterocycles. The average Bonchev–Trinajstić information content (AvgIpc) is 2.37. The third kappa shape index (κ3) is 2.43. The van der Waals surface area contributed by atoms with Crippen molar-refractivity contribution in [3.8, 4) is 6.07 Å². The van der Waals surface area contributed by atoms with Gasteiger partial charge >= 0.3 is 6.09 Å². The summed E-state index contributed by atoms with van der Waals surface area (Å²) >= 11 is 0. The molecule has 1 aromatic carbocycles. The fourth-order valence-electron chi connectivity index (χ4n) is 2.70. The van der Waals surface area contributed by atoms with E-state index in [4.69, 9.17) is 10.4 Å². The lowest BCUT2D eigenvalue weighted by atomic mass is 9.90. The molecule has 1 aliphatic rings. The second-order valence-corrected chi connectivity index (χ2v) is 4.86. The Labute approximate surface area is 116 Å². The number of hydrogen-bond donors (Lipinski definition) is 2. The van der Waals surface area contributed by atoms with Gasteiger partial charge in [0.2, 0.25) is 5.91 Å². The first-order valence-electron chi connectivity index (χ1n) is 6.27. The predicted octanol–water partition coefficient (Wildman–Crippen LogP) is 2.01. The summed E-state index contributed by atoms with van der Waals surface area (Å²) in [6, 6.07) is 6.47. The van der Waals surface area contributed by atoms with Gasteiger partial charge in [-0.15, -0.1) is 0 Å². The van der Waals surface area contributed by atoms with Crippen molar-refractivity contribution in [1.29, 1.82) is 5.26 Å². The van der Waals surface area contributed by atoms with Gasteiger partial charge in [0.05, 0.1) is 17.7 Å². The molecule has 0 aromatic heterocycles. The van der Waals surface area contributed by atoms with Gasteiger partial charge < -0.3 is 15.3 Å². The Morgan fingerprint density at radius 1 is 1.50 bits per heavy atom. The molecule has 2 atom stereocenters. The Balaban J connectivity index is 2.54. The van der Waals surface area contributed by atoms with Crippen LogP contribution in [0.15, 0.2) is 18.2 Å². The van der Waals surface area contributed by atoms with E-state index in [2.05, 4.69) is 5.32 Å². The molecular weight excluding hydrogens is 258 g/mol. The van der Waals surface area contributed by atoms with Crippen LogP contribution >= 0.6 is 0 Å². The van der Waals surface area contributed by atoms with E-state index in [9.17, 15) is 9.59 Å². The highest BCUT2D eigenvalue weighted by atomic mass is 16.4. The predicted molar refractivity (Wildman–Crippen MR) is 72.3 cm³/mol. The highest BCUT2D eigenvalue weighted by molar-refractivity contribution is 5.94. The van der Waals surface area contributed by atoms with Crippen LogP contribution in [0.2, 0.25) is 0 Å². The highest BCUT2D eigenvalue weighted by Crippen LogP contribution is 2.37. The van der Waals surface area contributed by atoms with E-state index >= 15 is 0 Å². The summed E-state index contributed by atoms with van der Waals surface area (Å²) in [5.74, 6) is -0.0998. The molecule has 2 N–H and O–H groups in total. The summed E-state index contributed by atoms with van der Waals surface area (Å²) in [5, 5.41) is 20.3. The van der Waals surface area contributed by atoms with Crippen LogP contribution in [0.4, 0.5) is 10.5 Å². The molecule has 2 amide bonds. The van der Waals surface area contributed by atoms with Crippen molar-refractivity contribution in [3.63, 3.8) is 0 Å². The molecule has 2 rings (SSSR count). The Kier molecular flexibility index (Phi) is 3.61. The van der Waals surface area contributed by atoms with Crippen molar-refractivity contribution in [2.24, 2.45) is 0 Å². The number of nitriles is 1. The van der Waals surface area contributed by atoms with Gasteiger partial charge in [0.25, 0.3) is 0 Å². The average molecular weight is 273 g/mol. The van der Waals surface area contributed by atoms with Crippen LogP contribution in [0.1, 0.15) is 37.4 Å². The number of hydrogen-bond acceptors (Lipinski definition) is 3. The lowest BCUT2D eigenvalue weighted by molar-refractivity contribution is -0.117. The van der Waals surface area contributed by atoms with Crippen LogP contribution in [0.25, 0.3) is 0 Å². The van der Waals surface area contributed by atoms with Gasteiger partial charge in [-0.1, -0.05) is 0 Å². The zero-order valence-electron chi connectivity index (χ0n) is 11.3. The standard InChI is InChI=1S/C14H15N3O3/c1-8-5-12(16-14(19)20)11-6-10(7-15)3-4-13(11)17(8)9(2)18/h3-4,6,8,12,16H,5H2,1-2H3,(H,19,20)/t8-,12+/m0/s1. The summed E-state index contributed by atoms with van der Waals surface area (Å²) in [5.41, 5.74) is 1.77. The SMILES string of the molecule is CC(=O)N1c2ccc(C#N)cc2[C@H](NC(=O)O)C[C@@H]1C. The van der Waals surface area contributed by atoms with Gasteiger partial charge in [0.1, 0.15) is 0 Å². The molecule has 0 saturated heterocycles.